The van der Waals surface area contributed by atoms with E-state index in [1.165, 1.54) is 19.3 Å². The molecule has 2 atom stereocenters. The van der Waals surface area contributed by atoms with E-state index in [4.69, 9.17) is 11.8 Å². The second kappa shape index (κ2) is 5.64. The van der Waals surface area contributed by atoms with E-state index >= 15 is 0 Å². The SMILES string of the molecule is C#CCN1C(=O)NC(=N)C12CCCC(CCC)CC2. The molecule has 2 aliphatic rings. The quantitative estimate of drug-likeness (QED) is 0.754. The number of terminal acetylenes is 1. The van der Waals surface area contributed by atoms with Gasteiger partial charge in [-0.05, 0) is 25.2 Å². The lowest BCUT2D eigenvalue weighted by atomic mass is 9.87. The monoisotopic (exact) mass is 261 g/mol. The molecule has 4 nitrogen and oxygen atoms in total. The summed E-state index contributed by atoms with van der Waals surface area (Å²) in [5, 5.41) is 10.8. The summed E-state index contributed by atoms with van der Waals surface area (Å²) < 4.78 is 0. The number of hydrogen-bond donors (Lipinski definition) is 2. The summed E-state index contributed by atoms with van der Waals surface area (Å²) in [4.78, 5) is 13.6. The number of hydrogen-bond acceptors (Lipinski definition) is 2. The van der Waals surface area contributed by atoms with Crippen molar-refractivity contribution in [3.05, 3.63) is 0 Å². The van der Waals surface area contributed by atoms with Gasteiger partial charge in [0.2, 0.25) is 0 Å². The fourth-order valence-electron chi connectivity index (χ4n) is 3.55. The van der Waals surface area contributed by atoms with E-state index in [2.05, 4.69) is 18.2 Å². The van der Waals surface area contributed by atoms with Crippen LogP contribution in [0.1, 0.15) is 51.9 Å². The second-order valence-corrected chi connectivity index (χ2v) is 5.71. The molecule has 2 fully saturated rings. The van der Waals surface area contributed by atoms with Gasteiger partial charge in [0.1, 0.15) is 11.4 Å². The van der Waals surface area contributed by atoms with Crippen LogP contribution in [0.25, 0.3) is 0 Å². The molecular formula is C15H23N3O. The predicted molar refractivity (Wildman–Crippen MR) is 76.0 cm³/mol. The smallest absolute Gasteiger partial charge is 0.301 e. The topological polar surface area (TPSA) is 56.2 Å². The highest BCUT2D eigenvalue weighted by Crippen LogP contribution is 2.39. The third kappa shape index (κ3) is 2.47. The van der Waals surface area contributed by atoms with Gasteiger partial charge in [-0.25, -0.2) is 4.79 Å². The molecule has 0 aromatic carbocycles. The molecule has 4 heteroatoms. The van der Waals surface area contributed by atoms with Gasteiger partial charge in [-0.2, -0.15) is 0 Å². The number of carbonyl (C=O) groups is 1. The first kappa shape index (κ1) is 13.9. The van der Waals surface area contributed by atoms with E-state index in [0.29, 0.717) is 12.4 Å². The van der Waals surface area contributed by atoms with Gasteiger partial charge in [-0.3, -0.25) is 10.7 Å². The molecule has 0 aromatic heterocycles. The number of carbonyl (C=O) groups excluding carboxylic acids is 1. The number of amidine groups is 1. The molecule has 1 saturated carbocycles. The van der Waals surface area contributed by atoms with Crippen molar-refractivity contribution in [2.24, 2.45) is 5.92 Å². The van der Waals surface area contributed by atoms with E-state index in [1.54, 1.807) is 4.90 Å². The van der Waals surface area contributed by atoms with Gasteiger partial charge in [0, 0.05) is 0 Å². The molecule has 0 bridgehead atoms. The number of urea groups is 1. The van der Waals surface area contributed by atoms with Crippen LogP contribution in [0.15, 0.2) is 0 Å². The molecule has 104 valence electrons. The average Bonchev–Trinajstić information content (AvgIpc) is 2.56. The number of rotatable bonds is 3. The van der Waals surface area contributed by atoms with Gasteiger partial charge < -0.3 is 4.90 Å². The van der Waals surface area contributed by atoms with Gasteiger partial charge in [0.15, 0.2) is 0 Å². The van der Waals surface area contributed by atoms with Crippen LogP contribution < -0.4 is 5.32 Å². The Morgan fingerprint density at radius 1 is 1.53 bits per heavy atom. The highest BCUT2D eigenvalue weighted by Gasteiger charge is 2.50. The van der Waals surface area contributed by atoms with E-state index in [1.807, 2.05) is 0 Å². The van der Waals surface area contributed by atoms with Crippen molar-refractivity contribution in [2.75, 3.05) is 6.54 Å². The number of nitrogens with one attached hydrogen (secondary N) is 2. The molecule has 1 aliphatic carbocycles. The molecule has 2 unspecified atom stereocenters. The van der Waals surface area contributed by atoms with Crippen molar-refractivity contribution in [1.82, 2.24) is 10.2 Å². The van der Waals surface area contributed by atoms with Gasteiger partial charge in [0.25, 0.3) is 0 Å². The summed E-state index contributed by atoms with van der Waals surface area (Å²) in [6, 6.07) is -0.197. The molecule has 1 heterocycles. The van der Waals surface area contributed by atoms with Crippen LogP contribution >= 0.6 is 0 Å². The Morgan fingerprint density at radius 2 is 2.32 bits per heavy atom. The Hall–Kier alpha value is -1.50. The van der Waals surface area contributed by atoms with Crippen molar-refractivity contribution in [2.45, 2.75) is 57.4 Å². The maximum absolute atomic E-state index is 11.9. The van der Waals surface area contributed by atoms with Crippen LogP contribution in [-0.4, -0.2) is 28.9 Å². The van der Waals surface area contributed by atoms with Crippen LogP contribution in [0.5, 0.6) is 0 Å². The lowest BCUT2D eigenvalue weighted by Crippen LogP contribution is -2.49. The highest BCUT2D eigenvalue weighted by atomic mass is 16.2. The first-order valence-electron chi connectivity index (χ1n) is 7.25. The Morgan fingerprint density at radius 3 is 3.00 bits per heavy atom. The minimum absolute atomic E-state index is 0.197. The molecule has 19 heavy (non-hydrogen) atoms. The average molecular weight is 261 g/mol. The summed E-state index contributed by atoms with van der Waals surface area (Å²) in [6.07, 6.45) is 12.9. The van der Waals surface area contributed by atoms with Crippen molar-refractivity contribution < 1.29 is 4.79 Å². The molecule has 0 radical (unpaired) electrons. The van der Waals surface area contributed by atoms with Gasteiger partial charge in [0.05, 0.1) is 6.54 Å². The van der Waals surface area contributed by atoms with Crippen LogP contribution in [0.2, 0.25) is 0 Å². The van der Waals surface area contributed by atoms with E-state index < -0.39 is 5.54 Å². The van der Waals surface area contributed by atoms with Crippen LogP contribution in [0.3, 0.4) is 0 Å². The van der Waals surface area contributed by atoms with Gasteiger partial charge >= 0.3 is 6.03 Å². The summed E-state index contributed by atoms with van der Waals surface area (Å²) in [7, 11) is 0. The van der Waals surface area contributed by atoms with Crippen LogP contribution in [-0.2, 0) is 0 Å². The van der Waals surface area contributed by atoms with E-state index in [9.17, 15) is 4.79 Å². The molecule has 2 amide bonds. The zero-order chi connectivity index (χ0) is 13.9. The third-order valence-electron chi connectivity index (χ3n) is 4.57. The third-order valence-corrected chi connectivity index (χ3v) is 4.57. The zero-order valence-electron chi connectivity index (χ0n) is 11.7. The normalized spacial score (nSPS) is 31.2. The van der Waals surface area contributed by atoms with Crippen molar-refractivity contribution >= 4 is 11.9 Å². The second-order valence-electron chi connectivity index (χ2n) is 5.71. The highest BCUT2D eigenvalue weighted by molar-refractivity contribution is 6.08. The summed E-state index contributed by atoms with van der Waals surface area (Å²) >= 11 is 0. The van der Waals surface area contributed by atoms with Gasteiger partial charge in [-0.1, -0.05) is 38.5 Å². The standard InChI is InChI=1S/C15H23N3O/c1-3-6-12-7-5-9-15(10-8-12)13(16)17-14(19)18(15)11-4-2/h2,12H,3,5-11H2,1H3,(H2,16,17,19). The predicted octanol–water partition coefficient (Wildman–Crippen LogP) is 2.74. The lowest BCUT2D eigenvalue weighted by Gasteiger charge is -2.34. The van der Waals surface area contributed by atoms with Crippen molar-refractivity contribution in [1.29, 1.82) is 5.41 Å². The molecule has 1 spiro atoms. The fourth-order valence-corrected chi connectivity index (χ4v) is 3.55. The maximum atomic E-state index is 11.9. The molecule has 1 saturated heterocycles. The molecular weight excluding hydrogens is 238 g/mol. The number of amides is 2. The minimum Gasteiger partial charge on any atom is -0.301 e. The Labute approximate surface area is 115 Å². The summed E-state index contributed by atoms with van der Waals surface area (Å²) in [6.45, 7) is 2.51. The fraction of sp³-hybridized carbons (Fsp3) is 0.733. The Bertz CT molecular complexity index is 412. The van der Waals surface area contributed by atoms with Crippen molar-refractivity contribution in [3.63, 3.8) is 0 Å². The van der Waals surface area contributed by atoms with E-state index in [-0.39, 0.29) is 6.03 Å². The first-order valence-corrected chi connectivity index (χ1v) is 7.25. The van der Waals surface area contributed by atoms with Crippen LogP contribution in [0.4, 0.5) is 4.79 Å². The van der Waals surface area contributed by atoms with Gasteiger partial charge in [-0.15, -0.1) is 6.42 Å². The molecule has 2 rings (SSSR count). The zero-order valence-corrected chi connectivity index (χ0v) is 11.7. The molecule has 2 N–H and O–H groups in total. The Balaban J connectivity index is 2.18. The Kier molecular flexibility index (Phi) is 4.14. The van der Waals surface area contributed by atoms with E-state index in [0.717, 1.165) is 31.6 Å². The maximum Gasteiger partial charge on any atom is 0.324 e. The van der Waals surface area contributed by atoms with Crippen molar-refractivity contribution in [3.8, 4) is 12.3 Å². The summed E-state index contributed by atoms with van der Waals surface area (Å²) in [5.74, 6) is 3.65. The van der Waals surface area contributed by atoms with Crippen LogP contribution in [0, 0.1) is 23.7 Å². The molecule has 0 aromatic rings. The lowest BCUT2D eigenvalue weighted by molar-refractivity contribution is 0.173. The first-order chi connectivity index (χ1) is 9.14. The largest absolute Gasteiger partial charge is 0.324 e. The number of nitrogens with zero attached hydrogens (tertiary/aromatic N) is 1. The molecule has 1 aliphatic heterocycles. The summed E-state index contributed by atoms with van der Waals surface area (Å²) in [5.41, 5.74) is -0.452. The minimum atomic E-state index is -0.452.